The number of unbranched alkanes of at least 4 members (excludes halogenated alkanes) is 2. The number of rotatable bonds is 7. The number of nitrogens with zero attached hydrogens (tertiary/aromatic N) is 4. The van der Waals surface area contributed by atoms with Crippen molar-refractivity contribution in [3.8, 4) is 0 Å². The van der Waals surface area contributed by atoms with E-state index in [-0.39, 0.29) is 0 Å². The fourth-order valence-electron chi connectivity index (χ4n) is 3.87. The Balaban J connectivity index is 1.34. The van der Waals surface area contributed by atoms with Crippen LogP contribution in [0.15, 0.2) is 30.6 Å². The van der Waals surface area contributed by atoms with Crippen molar-refractivity contribution in [3.05, 3.63) is 40.4 Å². The summed E-state index contributed by atoms with van der Waals surface area (Å²) in [6.07, 6.45) is 7.95. The molecular formula is C20H28N5S2+. The number of hydrogen-bond donors (Lipinski definition) is 1. The van der Waals surface area contributed by atoms with Gasteiger partial charge in [0, 0.05) is 25.3 Å². The van der Waals surface area contributed by atoms with E-state index in [1.54, 1.807) is 4.90 Å². The lowest BCUT2D eigenvalue weighted by atomic mass is 9.98. The number of nitrogens with one attached hydrogen (secondary N) is 1. The van der Waals surface area contributed by atoms with Gasteiger partial charge in [-0.3, -0.25) is 0 Å². The van der Waals surface area contributed by atoms with Gasteiger partial charge in [0.2, 0.25) is 4.77 Å². The second kappa shape index (κ2) is 8.63. The van der Waals surface area contributed by atoms with Gasteiger partial charge in [-0.2, -0.15) is 9.78 Å². The van der Waals surface area contributed by atoms with Gasteiger partial charge in [-0.25, -0.2) is 4.98 Å². The summed E-state index contributed by atoms with van der Waals surface area (Å²) >= 11 is 7.49. The molecule has 0 radical (unpaired) electrons. The van der Waals surface area contributed by atoms with Gasteiger partial charge in [0.25, 0.3) is 0 Å². The number of quaternary nitrogens is 1. The summed E-state index contributed by atoms with van der Waals surface area (Å²) in [5.74, 6) is 0.603. The molecule has 3 aromatic rings. The average molecular weight is 403 g/mol. The van der Waals surface area contributed by atoms with Crippen LogP contribution in [-0.2, 0) is 13.2 Å². The predicted molar refractivity (Wildman–Crippen MR) is 113 cm³/mol. The molecule has 5 nitrogen and oxygen atoms in total. The van der Waals surface area contributed by atoms with Gasteiger partial charge in [-0.05, 0) is 30.8 Å². The first kappa shape index (κ1) is 18.8. The standard InChI is InChI=1S/C20H27N5S2/c1-2-3-6-11-24-14-21-25(20(24)26)15-23-12-9-16(10-13-23)19-22-17-7-4-5-8-18(17)27-19/h4-5,7-8,14,16H,2-3,6,9-13,15H2,1H3/p+1. The van der Waals surface area contributed by atoms with E-state index in [1.807, 2.05) is 22.3 Å². The number of piperidine rings is 1. The molecule has 0 spiro atoms. The zero-order valence-corrected chi connectivity index (χ0v) is 17.6. The Morgan fingerprint density at radius 1 is 1.22 bits per heavy atom. The number of fused-ring (bicyclic) bond motifs is 1. The second-order valence-corrected chi connectivity index (χ2v) is 8.94. The quantitative estimate of drug-likeness (QED) is 0.485. The molecule has 7 heteroatoms. The van der Waals surface area contributed by atoms with Gasteiger partial charge in [0.1, 0.15) is 6.33 Å². The lowest BCUT2D eigenvalue weighted by Crippen LogP contribution is -3.12. The first-order valence-electron chi connectivity index (χ1n) is 10.1. The SMILES string of the molecule is CCCCCn1cnn(C[NH+]2CCC(c3nc4ccccc4s3)CC2)c1=S. The molecule has 1 fully saturated rings. The minimum atomic E-state index is 0.603. The normalized spacial score (nSPS) is 20.3. The van der Waals surface area contributed by atoms with Crippen LogP contribution in [0, 0.1) is 4.77 Å². The molecule has 0 bridgehead atoms. The molecule has 1 aromatic carbocycles. The van der Waals surface area contributed by atoms with Crippen LogP contribution in [0.25, 0.3) is 10.2 Å². The van der Waals surface area contributed by atoms with Crippen LogP contribution in [0.3, 0.4) is 0 Å². The number of thiazole rings is 1. The molecule has 0 aliphatic carbocycles. The van der Waals surface area contributed by atoms with Crippen LogP contribution in [0.2, 0.25) is 0 Å². The lowest BCUT2D eigenvalue weighted by Gasteiger charge is -2.27. The van der Waals surface area contributed by atoms with Crippen LogP contribution >= 0.6 is 23.6 Å². The van der Waals surface area contributed by atoms with Crippen molar-refractivity contribution in [2.24, 2.45) is 0 Å². The van der Waals surface area contributed by atoms with Crippen molar-refractivity contribution in [1.29, 1.82) is 0 Å². The maximum absolute atomic E-state index is 5.62. The monoisotopic (exact) mass is 402 g/mol. The smallest absolute Gasteiger partial charge is 0.202 e. The van der Waals surface area contributed by atoms with E-state index < -0.39 is 0 Å². The first-order valence-corrected chi connectivity index (χ1v) is 11.3. The van der Waals surface area contributed by atoms with Crippen LogP contribution in [0.5, 0.6) is 0 Å². The van der Waals surface area contributed by atoms with E-state index >= 15 is 0 Å². The van der Waals surface area contributed by atoms with E-state index in [0.29, 0.717) is 5.92 Å². The summed E-state index contributed by atoms with van der Waals surface area (Å²) in [6, 6.07) is 8.47. The Labute approximate surface area is 169 Å². The summed E-state index contributed by atoms with van der Waals surface area (Å²) in [4.78, 5) is 6.44. The third-order valence-electron chi connectivity index (χ3n) is 5.53. The Kier molecular flexibility index (Phi) is 6.00. The molecule has 3 heterocycles. The van der Waals surface area contributed by atoms with Crippen molar-refractivity contribution in [3.63, 3.8) is 0 Å². The van der Waals surface area contributed by atoms with Crippen molar-refractivity contribution >= 4 is 33.8 Å². The largest absolute Gasteiger partial charge is 0.316 e. The summed E-state index contributed by atoms with van der Waals surface area (Å²) in [7, 11) is 0. The molecule has 1 aliphatic rings. The molecule has 27 heavy (non-hydrogen) atoms. The van der Waals surface area contributed by atoms with Crippen LogP contribution in [0.4, 0.5) is 0 Å². The van der Waals surface area contributed by atoms with Gasteiger partial charge in [-0.15, -0.1) is 11.3 Å². The fourth-order valence-corrected chi connectivity index (χ4v) is 5.26. The van der Waals surface area contributed by atoms with Gasteiger partial charge < -0.3 is 9.47 Å². The molecule has 2 aromatic heterocycles. The summed E-state index contributed by atoms with van der Waals surface area (Å²) in [5.41, 5.74) is 1.15. The van der Waals surface area contributed by atoms with E-state index in [4.69, 9.17) is 17.2 Å². The zero-order valence-electron chi connectivity index (χ0n) is 15.9. The molecule has 0 atom stereocenters. The number of hydrogen-bond acceptors (Lipinski definition) is 4. The number of para-hydroxylation sites is 1. The summed E-state index contributed by atoms with van der Waals surface area (Å²) < 4.78 is 6.31. The predicted octanol–water partition coefficient (Wildman–Crippen LogP) is 3.63. The van der Waals surface area contributed by atoms with Gasteiger partial charge in [0.15, 0.2) is 6.67 Å². The molecule has 1 saturated heterocycles. The van der Waals surface area contributed by atoms with Gasteiger partial charge >= 0.3 is 0 Å². The highest BCUT2D eigenvalue weighted by molar-refractivity contribution is 7.71. The zero-order chi connectivity index (χ0) is 18.6. The molecule has 144 valence electrons. The number of likely N-dealkylation sites (tertiary alicyclic amines) is 1. The third kappa shape index (κ3) is 4.31. The minimum Gasteiger partial charge on any atom is -0.316 e. The third-order valence-corrected chi connectivity index (χ3v) is 7.17. The Hall–Kier alpha value is -1.57. The van der Waals surface area contributed by atoms with E-state index in [9.17, 15) is 0 Å². The van der Waals surface area contributed by atoms with E-state index in [2.05, 4.69) is 40.9 Å². The van der Waals surface area contributed by atoms with E-state index in [0.717, 1.165) is 36.6 Å². The highest BCUT2D eigenvalue weighted by Gasteiger charge is 2.26. The van der Waals surface area contributed by atoms with Crippen LogP contribution in [-0.4, -0.2) is 32.4 Å². The molecular weight excluding hydrogens is 374 g/mol. The average Bonchev–Trinajstić information content (AvgIpc) is 3.27. The number of aromatic nitrogens is 4. The Morgan fingerprint density at radius 2 is 2.04 bits per heavy atom. The van der Waals surface area contributed by atoms with Crippen molar-refractivity contribution in [2.45, 2.75) is 58.2 Å². The first-order chi connectivity index (χ1) is 13.2. The van der Waals surface area contributed by atoms with E-state index in [1.165, 1.54) is 41.8 Å². The Morgan fingerprint density at radius 3 is 2.81 bits per heavy atom. The molecule has 4 rings (SSSR count). The molecule has 1 N–H and O–H groups in total. The fraction of sp³-hybridized carbons (Fsp3) is 0.550. The maximum Gasteiger partial charge on any atom is 0.202 e. The van der Waals surface area contributed by atoms with Crippen molar-refractivity contribution < 1.29 is 4.90 Å². The number of aryl methyl sites for hydroxylation is 1. The minimum absolute atomic E-state index is 0.603. The van der Waals surface area contributed by atoms with Crippen molar-refractivity contribution in [1.82, 2.24) is 19.3 Å². The van der Waals surface area contributed by atoms with Crippen LogP contribution in [0.1, 0.15) is 50.0 Å². The second-order valence-electron chi connectivity index (χ2n) is 7.52. The molecule has 1 aliphatic heterocycles. The highest BCUT2D eigenvalue weighted by Crippen LogP contribution is 2.31. The summed E-state index contributed by atoms with van der Waals surface area (Å²) in [6.45, 7) is 6.41. The topological polar surface area (TPSA) is 40.1 Å². The highest BCUT2D eigenvalue weighted by atomic mass is 32.1. The molecule has 0 saturated carbocycles. The number of benzene rings is 1. The maximum atomic E-state index is 5.62. The van der Waals surface area contributed by atoms with Crippen molar-refractivity contribution in [2.75, 3.05) is 13.1 Å². The summed E-state index contributed by atoms with van der Waals surface area (Å²) in [5, 5.41) is 5.85. The van der Waals surface area contributed by atoms with Crippen LogP contribution < -0.4 is 4.90 Å². The Bertz CT molecular complexity index is 900. The molecule has 0 amide bonds. The van der Waals surface area contributed by atoms with Gasteiger partial charge in [-0.1, -0.05) is 31.9 Å². The van der Waals surface area contributed by atoms with Gasteiger partial charge in [0.05, 0.1) is 28.3 Å². The molecule has 0 unspecified atom stereocenters. The lowest BCUT2D eigenvalue weighted by molar-refractivity contribution is -0.928.